The van der Waals surface area contributed by atoms with Crippen LogP contribution in [0.1, 0.15) is 60.0 Å². The van der Waals surface area contributed by atoms with E-state index in [2.05, 4.69) is 9.97 Å². The predicted molar refractivity (Wildman–Crippen MR) is 119 cm³/mol. The molecule has 1 aromatic carbocycles. The van der Waals surface area contributed by atoms with Gasteiger partial charge in [-0.25, -0.2) is 9.97 Å². The normalized spacial score (nSPS) is 18.5. The Hall–Kier alpha value is -3.16. The van der Waals surface area contributed by atoms with E-state index in [1.54, 1.807) is 30.3 Å². The Morgan fingerprint density at radius 1 is 1.06 bits per heavy atom. The fourth-order valence-corrected chi connectivity index (χ4v) is 4.48. The Morgan fingerprint density at radius 2 is 1.81 bits per heavy atom. The molecule has 0 N–H and O–H groups in total. The third kappa shape index (κ3) is 4.69. The first kappa shape index (κ1) is 22.0. The number of ether oxygens (including phenoxy) is 2. The number of aromatic nitrogens is 2. The average Bonchev–Trinajstić information content (AvgIpc) is 3.33. The fraction of sp³-hybridized carbons (Fsp3) is 0.500. The van der Waals surface area contributed by atoms with Crippen molar-refractivity contribution in [2.24, 2.45) is 0 Å². The summed E-state index contributed by atoms with van der Waals surface area (Å²) in [5, 5.41) is 0. The lowest BCUT2D eigenvalue weighted by atomic mass is 10.0. The van der Waals surface area contributed by atoms with Crippen molar-refractivity contribution in [3.05, 3.63) is 47.5 Å². The maximum Gasteiger partial charge on any atom is 0.261 e. The van der Waals surface area contributed by atoms with Crippen molar-refractivity contribution in [2.75, 3.05) is 33.4 Å². The third-order valence-corrected chi connectivity index (χ3v) is 6.12. The van der Waals surface area contributed by atoms with Gasteiger partial charge in [-0.1, -0.05) is 12.1 Å². The summed E-state index contributed by atoms with van der Waals surface area (Å²) < 4.78 is 11.1. The van der Waals surface area contributed by atoms with Gasteiger partial charge in [0.1, 0.15) is 5.82 Å². The zero-order chi connectivity index (χ0) is 22.5. The smallest absolute Gasteiger partial charge is 0.261 e. The molecule has 8 heteroatoms. The van der Waals surface area contributed by atoms with Gasteiger partial charge in [-0.3, -0.25) is 9.59 Å². The Balaban J connectivity index is 1.53. The summed E-state index contributed by atoms with van der Waals surface area (Å²) in [6, 6.07) is 7.00. The van der Waals surface area contributed by atoms with Gasteiger partial charge in [0.15, 0.2) is 18.1 Å². The van der Waals surface area contributed by atoms with Crippen LogP contribution in [0.4, 0.5) is 0 Å². The van der Waals surface area contributed by atoms with Gasteiger partial charge >= 0.3 is 0 Å². The lowest BCUT2D eigenvalue weighted by Crippen LogP contribution is -2.38. The average molecular weight is 439 g/mol. The number of methoxy groups -OCH3 is 1. The second-order valence-corrected chi connectivity index (χ2v) is 8.25. The Labute approximate surface area is 188 Å². The zero-order valence-electron chi connectivity index (χ0n) is 18.7. The van der Waals surface area contributed by atoms with Gasteiger partial charge in [0, 0.05) is 25.8 Å². The van der Waals surface area contributed by atoms with Crippen LogP contribution in [0.3, 0.4) is 0 Å². The number of amides is 2. The van der Waals surface area contributed by atoms with E-state index in [0.29, 0.717) is 35.1 Å². The number of piperidine rings is 1. The van der Waals surface area contributed by atoms with Crippen LogP contribution in [-0.4, -0.2) is 64.9 Å². The lowest BCUT2D eigenvalue weighted by molar-refractivity contribution is -0.134. The number of rotatable bonds is 6. The first-order valence-electron chi connectivity index (χ1n) is 11.3. The van der Waals surface area contributed by atoms with Gasteiger partial charge in [-0.15, -0.1) is 0 Å². The second-order valence-electron chi connectivity index (χ2n) is 8.25. The number of nitrogens with zero attached hydrogens (tertiary/aromatic N) is 4. The van der Waals surface area contributed by atoms with Crippen LogP contribution in [0.5, 0.6) is 11.5 Å². The topological polar surface area (TPSA) is 84.9 Å². The largest absolute Gasteiger partial charge is 0.493 e. The molecule has 170 valence electrons. The van der Waals surface area contributed by atoms with Crippen molar-refractivity contribution in [1.29, 1.82) is 0 Å². The molecule has 32 heavy (non-hydrogen) atoms. The number of carbonyl (C=O) groups excluding carboxylic acids is 2. The molecule has 1 unspecified atom stereocenters. The maximum absolute atomic E-state index is 13.3. The quantitative estimate of drug-likeness (QED) is 0.689. The molecule has 2 aromatic rings. The molecule has 0 radical (unpaired) electrons. The van der Waals surface area contributed by atoms with Crippen molar-refractivity contribution in [2.45, 2.75) is 45.1 Å². The van der Waals surface area contributed by atoms with Crippen LogP contribution >= 0.6 is 0 Å². The van der Waals surface area contributed by atoms with E-state index >= 15 is 0 Å². The second kappa shape index (κ2) is 9.97. The molecule has 2 fully saturated rings. The molecular formula is C24H30N4O4. The highest BCUT2D eigenvalue weighted by Crippen LogP contribution is 2.34. The zero-order valence-corrected chi connectivity index (χ0v) is 18.7. The highest BCUT2D eigenvalue weighted by molar-refractivity contribution is 5.95. The van der Waals surface area contributed by atoms with E-state index in [-0.39, 0.29) is 24.5 Å². The number of para-hydroxylation sites is 2. The highest BCUT2D eigenvalue weighted by Gasteiger charge is 2.35. The van der Waals surface area contributed by atoms with E-state index < -0.39 is 0 Å². The molecule has 0 bridgehead atoms. The molecule has 2 aliphatic heterocycles. The minimum absolute atomic E-state index is 0.0377. The van der Waals surface area contributed by atoms with E-state index in [9.17, 15) is 9.59 Å². The standard InChI is InChI=1S/C24H30N4O4/c1-17-25-15-18(24(30)27-12-6-3-7-13-27)23(26-17)19-9-8-14-28(19)22(29)16-32-21-11-5-4-10-20(21)31-2/h4-5,10-11,15,19H,3,6-9,12-14,16H2,1-2H3. The van der Waals surface area contributed by atoms with Gasteiger partial charge in [-0.2, -0.15) is 0 Å². The Morgan fingerprint density at radius 3 is 2.56 bits per heavy atom. The van der Waals surface area contributed by atoms with Crippen molar-refractivity contribution in [3.63, 3.8) is 0 Å². The molecule has 2 amide bonds. The molecule has 8 nitrogen and oxygen atoms in total. The molecule has 4 rings (SSSR count). The van der Waals surface area contributed by atoms with Crippen LogP contribution < -0.4 is 9.47 Å². The molecule has 0 saturated carbocycles. The number of aryl methyl sites for hydroxylation is 1. The molecule has 1 aromatic heterocycles. The summed E-state index contributed by atoms with van der Waals surface area (Å²) in [5.74, 6) is 1.53. The van der Waals surface area contributed by atoms with Crippen molar-refractivity contribution >= 4 is 11.8 Å². The van der Waals surface area contributed by atoms with Gasteiger partial charge in [0.05, 0.1) is 24.4 Å². The summed E-state index contributed by atoms with van der Waals surface area (Å²) in [6.07, 6.45) is 6.42. The summed E-state index contributed by atoms with van der Waals surface area (Å²) in [5.41, 5.74) is 1.16. The van der Waals surface area contributed by atoms with Gasteiger partial charge in [0.25, 0.3) is 11.8 Å². The van der Waals surface area contributed by atoms with Crippen LogP contribution in [-0.2, 0) is 4.79 Å². The van der Waals surface area contributed by atoms with Crippen LogP contribution in [0, 0.1) is 6.92 Å². The molecule has 0 aliphatic carbocycles. The number of benzene rings is 1. The summed E-state index contributed by atoms with van der Waals surface area (Å²) in [4.78, 5) is 38.9. The Kier molecular flexibility index (Phi) is 6.87. The van der Waals surface area contributed by atoms with Crippen molar-refractivity contribution < 1.29 is 19.1 Å². The first-order valence-corrected chi connectivity index (χ1v) is 11.3. The van der Waals surface area contributed by atoms with Gasteiger partial charge in [0.2, 0.25) is 0 Å². The molecule has 2 aliphatic rings. The maximum atomic E-state index is 13.3. The number of likely N-dealkylation sites (tertiary alicyclic amines) is 2. The number of hydrogen-bond acceptors (Lipinski definition) is 6. The molecule has 2 saturated heterocycles. The van der Waals surface area contributed by atoms with E-state index in [0.717, 1.165) is 45.2 Å². The Bertz CT molecular complexity index is 974. The minimum Gasteiger partial charge on any atom is -0.493 e. The highest BCUT2D eigenvalue weighted by atomic mass is 16.5. The fourth-order valence-electron chi connectivity index (χ4n) is 4.48. The molecule has 0 spiro atoms. The van der Waals surface area contributed by atoms with Crippen LogP contribution in [0.25, 0.3) is 0 Å². The lowest BCUT2D eigenvalue weighted by Gasteiger charge is -2.29. The first-order chi connectivity index (χ1) is 15.6. The summed E-state index contributed by atoms with van der Waals surface area (Å²) >= 11 is 0. The molecular weight excluding hydrogens is 408 g/mol. The van der Waals surface area contributed by atoms with Crippen LogP contribution in [0.15, 0.2) is 30.5 Å². The predicted octanol–water partition coefficient (Wildman–Crippen LogP) is 3.16. The van der Waals surface area contributed by atoms with E-state index in [1.165, 1.54) is 0 Å². The third-order valence-electron chi connectivity index (χ3n) is 6.12. The van der Waals surface area contributed by atoms with Crippen molar-refractivity contribution in [1.82, 2.24) is 19.8 Å². The van der Waals surface area contributed by atoms with E-state index in [1.807, 2.05) is 24.0 Å². The monoisotopic (exact) mass is 438 g/mol. The summed E-state index contributed by atoms with van der Waals surface area (Å²) in [7, 11) is 1.57. The van der Waals surface area contributed by atoms with E-state index in [4.69, 9.17) is 9.47 Å². The van der Waals surface area contributed by atoms with Gasteiger partial charge in [-0.05, 0) is 51.2 Å². The minimum atomic E-state index is -0.255. The molecule has 1 atom stereocenters. The molecule has 3 heterocycles. The van der Waals surface area contributed by atoms with Gasteiger partial charge < -0.3 is 19.3 Å². The van der Waals surface area contributed by atoms with Crippen LogP contribution in [0.2, 0.25) is 0 Å². The number of hydrogen-bond donors (Lipinski definition) is 0. The number of carbonyl (C=O) groups is 2. The SMILES string of the molecule is COc1ccccc1OCC(=O)N1CCCC1c1nc(C)ncc1C(=O)N1CCCCC1. The summed E-state index contributed by atoms with van der Waals surface area (Å²) in [6.45, 7) is 3.83. The van der Waals surface area contributed by atoms with Crippen molar-refractivity contribution in [3.8, 4) is 11.5 Å².